The molecule has 160 valence electrons. The lowest BCUT2D eigenvalue weighted by atomic mass is 10.2. The van der Waals surface area contributed by atoms with E-state index in [1.807, 2.05) is 72.6 Å². The van der Waals surface area contributed by atoms with Gasteiger partial charge in [0.25, 0.3) is 10.2 Å². The van der Waals surface area contributed by atoms with Crippen molar-refractivity contribution < 1.29 is 13.2 Å². The van der Waals surface area contributed by atoms with Gasteiger partial charge in [0, 0.05) is 38.4 Å². The van der Waals surface area contributed by atoms with Gasteiger partial charge in [-0.2, -0.15) is 22.1 Å². The van der Waals surface area contributed by atoms with Gasteiger partial charge in [0.1, 0.15) is 5.69 Å². The van der Waals surface area contributed by atoms with E-state index in [4.69, 9.17) is 9.84 Å². The molecule has 3 heterocycles. The van der Waals surface area contributed by atoms with Crippen molar-refractivity contribution in [3.8, 4) is 16.3 Å². The maximum Gasteiger partial charge on any atom is 0.282 e. The quantitative estimate of drug-likeness (QED) is 0.582. The fourth-order valence-electron chi connectivity index (χ4n) is 3.70. The molecule has 0 spiro atoms. The van der Waals surface area contributed by atoms with Crippen LogP contribution in [0.5, 0.6) is 0 Å². The number of hydrogen-bond donors (Lipinski definition) is 0. The minimum Gasteiger partial charge on any atom is -0.373 e. The first-order valence-corrected chi connectivity index (χ1v) is 12.2. The summed E-state index contributed by atoms with van der Waals surface area (Å²) in [6, 6.07) is 13.8. The molecule has 4 rings (SSSR count). The number of hydrogen-bond acceptors (Lipinski definition) is 5. The van der Waals surface area contributed by atoms with E-state index in [9.17, 15) is 8.42 Å². The summed E-state index contributed by atoms with van der Waals surface area (Å²) in [5.41, 5.74) is 2.60. The minimum atomic E-state index is -3.61. The maximum atomic E-state index is 13.2. The first-order chi connectivity index (χ1) is 14.3. The standard InChI is InChI=1S/C21H26N4O3S2/c1-16-12-24(13-17(2)28-16)30(26,27)23(3)14-18-15-25(19-8-5-4-6-9-19)22-21(18)20-10-7-11-29-20/h4-11,15-17H,12-14H2,1-3H3/t16-,17-/m0/s1. The highest BCUT2D eigenvalue weighted by Gasteiger charge is 2.34. The molecule has 2 atom stereocenters. The van der Waals surface area contributed by atoms with Gasteiger partial charge >= 0.3 is 0 Å². The Morgan fingerprint density at radius 1 is 1.13 bits per heavy atom. The summed E-state index contributed by atoms with van der Waals surface area (Å²) in [4.78, 5) is 1.01. The van der Waals surface area contributed by atoms with Gasteiger partial charge in [-0.25, -0.2) is 4.68 Å². The van der Waals surface area contributed by atoms with Gasteiger partial charge in [0.15, 0.2) is 0 Å². The Kier molecular flexibility index (Phi) is 6.08. The molecule has 0 N–H and O–H groups in total. The Bertz CT molecular complexity index is 1070. The smallest absolute Gasteiger partial charge is 0.282 e. The summed E-state index contributed by atoms with van der Waals surface area (Å²) in [7, 11) is -1.99. The minimum absolute atomic E-state index is 0.126. The zero-order valence-electron chi connectivity index (χ0n) is 17.3. The van der Waals surface area contributed by atoms with Crippen LogP contribution in [0.2, 0.25) is 0 Å². The van der Waals surface area contributed by atoms with Crippen LogP contribution in [-0.4, -0.2) is 59.2 Å². The number of nitrogens with zero attached hydrogens (tertiary/aromatic N) is 4. The summed E-state index contributed by atoms with van der Waals surface area (Å²) in [6.07, 6.45) is 1.67. The van der Waals surface area contributed by atoms with Crippen LogP contribution in [0.25, 0.3) is 16.3 Å². The van der Waals surface area contributed by atoms with Gasteiger partial charge in [0.2, 0.25) is 0 Å². The van der Waals surface area contributed by atoms with Crippen molar-refractivity contribution >= 4 is 21.5 Å². The van der Waals surface area contributed by atoms with Gasteiger partial charge in [-0.05, 0) is 37.4 Å². The fourth-order valence-corrected chi connectivity index (χ4v) is 5.93. The topological polar surface area (TPSA) is 67.7 Å². The molecule has 3 aromatic rings. The number of morpholine rings is 1. The van der Waals surface area contributed by atoms with Gasteiger partial charge in [0.05, 0.1) is 22.8 Å². The van der Waals surface area contributed by atoms with Crippen LogP contribution in [0, 0.1) is 0 Å². The van der Waals surface area contributed by atoms with Crippen LogP contribution >= 0.6 is 11.3 Å². The molecule has 0 amide bonds. The van der Waals surface area contributed by atoms with Crippen LogP contribution in [0.15, 0.2) is 54.0 Å². The predicted octanol–water partition coefficient (Wildman–Crippen LogP) is 3.39. The summed E-state index contributed by atoms with van der Waals surface area (Å²) in [5.74, 6) is 0. The molecular formula is C21H26N4O3S2. The third-order valence-electron chi connectivity index (χ3n) is 5.06. The lowest BCUT2D eigenvalue weighted by Gasteiger charge is -2.36. The molecule has 1 saturated heterocycles. The highest BCUT2D eigenvalue weighted by molar-refractivity contribution is 7.86. The Labute approximate surface area is 181 Å². The average Bonchev–Trinajstić information content (AvgIpc) is 3.37. The van der Waals surface area contributed by atoms with E-state index in [0.717, 1.165) is 21.8 Å². The molecule has 9 heteroatoms. The van der Waals surface area contributed by atoms with Gasteiger partial charge in [-0.1, -0.05) is 24.3 Å². The van der Waals surface area contributed by atoms with E-state index in [-0.39, 0.29) is 18.8 Å². The highest BCUT2D eigenvalue weighted by atomic mass is 32.2. The molecule has 1 aliphatic rings. The number of ether oxygens (including phenoxy) is 1. The van der Waals surface area contributed by atoms with Crippen molar-refractivity contribution in [3.05, 3.63) is 59.6 Å². The van der Waals surface area contributed by atoms with Crippen LogP contribution < -0.4 is 0 Å². The molecule has 1 fully saturated rings. The van der Waals surface area contributed by atoms with E-state index >= 15 is 0 Å². The lowest BCUT2D eigenvalue weighted by Crippen LogP contribution is -2.52. The largest absolute Gasteiger partial charge is 0.373 e. The van der Waals surface area contributed by atoms with Gasteiger partial charge in [-0.15, -0.1) is 11.3 Å². The van der Waals surface area contributed by atoms with Gasteiger partial charge in [-0.3, -0.25) is 0 Å². The van der Waals surface area contributed by atoms with Crippen molar-refractivity contribution in [3.63, 3.8) is 0 Å². The van der Waals surface area contributed by atoms with Crippen molar-refractivity contribution in [2.24, 2.45) is 0 Å². The van der Waals surface area contributed by atoms with Crippen molar-refractivity contribution in [2.75, 3.05) is 20.1 Å². The zero-order chi connectivity index (χ0) is 21.3. The average molecular weight is 447 g/mol. The third-order valence-corrected chi connectivity index (χ3v) is 7.81. The Morgan fingerprint density at radius 2 is 1.83 bits per heavy atom. The molecule has 0 bridgehead atoms. The van der Waals surface area contributed by atoms with Gasteiger partial charge < -0.3 is 4.74 Å². The molecule has 1 aliphatic heterocycles. The summed E-state index contributed by atoms with van der Waals surface area (Å²) < 4.78 is 36.9. The van der Waals surface area contributed by atoms with Crippen molar-refractivity contribution in [1.29, 1.82) is 0 Å². The molecule has 1 aromatic carbocycles. The Morgan fingerprint density at radius 3 is 2.47 bits per heavy atom. The first-order valence-electron chi connectivity index (χ1n) is 9.89. The second kappa shape index (κ2) is 8.60. The molecule has 0 saturated carbocycles. The third kappa shape index (κ3) is 4.35. The van der Waals surface area contributed by atoms with E-state index < -0.39 is 10.2 Å². The summed E-state index contributed by atoms with van der Waals surface area (Å²) >= 11 is 1.59. The molecule has 0 unspecified atom stereocenters. The van der Waals surface area contributed by atoms with Crippen LogP contribution in [0.1, 0.15) is 19.4 Å². The van der Waals surface area contributed by atoms with E-state index in [1.165, 1.54) is 8.61 Å². The molecule has 7 nitrogen and oxygen atoms in total. The maximum absolute atomic E-state index is 13.2. The molecule has 30 heavy (non-hydrogen) atoms. The molecule has 2 aromatic heterocycles. The monoisotopic (exact) mass is 446 g/mol. The van der Waals surface area contributed by atoms with E-state index in [2.05, 4.69) is 0 Å². The van der Waals surface area contributed by atoms with Crippen LogP contribution in [-0.2, 0) is 21.5 Å². The number of para-hydroxylation sites is 1. The molecular weight excluding hydrogens is 420 g/mol. The molecule has 0 radical (unpaired) electrons. The number of benzene rings is 1. The number of aromatic nitrogens is 2. The SMILES string of the molecule is C[C@H]1CN(S(=O)(=O)N(C)Cc2cn(-c3ccccc3)nc2-c2cccs2)C[C@H](C)O1. The predicted molar refractivity (Wildman–Crippen MR) is 119 cm³/mol. The van der Waals surface area contributed by atoms with Crippen LogP contribution in [0.3, 0.4) is 0 Å². The van der Waals surface area contributed by atoms with E-state index in [1.54, 1.807) is 18.4 Å². The zero-order valence-corrected chi connectivity index (χ0v) is 18.9. The lowest BCUT2D eigenvalue weighted by molar-refractivity contribution is -0.0453. The number of thiophene rings is 1. The van der Waals surface area contributed by atoms with Crippen molar-refractivity contribution in [2.45, 2.75) is 32.6 Å². The number of rotatable bonds is 6. The Balaban J connectivity index is 1.64. The van der Waals surface area contributed by atoms with Crippen LogP contribution in [0.4, 0.5) is 0 Å². The van der Waals surface area contributed by atoms with Crippen molar-refractivity contribution in [1.82, 2.24) is 18.4 Å². The summed E-state index contributed by atoms with van der Waals surface area (Å²) in [6.45, 7) is 4.76. The normalized spacial score (nSPS) is 20.7. The molecule has 0 aliphatic carbocycles. The first kappa shape index (κ1) is 21.2. The Hall–Kier alpha value is -2.04. The fraction of sp³-hybridized carbons (Fsp3) is 0.381. The second-order valence-corrected chi connectivity index (χ2v) is 10.6. The van der Waals surface area contributed by atoms with E-state index in [0.29, 0.717) is 13.1 Å². The summed E-state index contributed by atoms with van der Waals surface area (Å²) in [5, 5.41) is 6.76. The highest BCUT2D eigenvalue weighted by Crippen LogP contribution is 2.29. The second-order valence-electron chi connectivity index (χ2n) is 7.60.